The van der Waals surface area contributed by atoms with Crippen molar-refractivity contribution in [2.75, 3.05) is 0 Å². The molecule has 134 valence electrons. The Labute approximate surface area is 153 Å². The number of nitrogens with one attached hydrogen (secondary N) is 1. The lowest BCUT2D eigenvalue weighted by atomic mass is 10.1. The van der Waals surface area contributed by atoms with Crippen LogP contribution in [0.5, 0.6) is 0 Å². The van der Waals surface area contributed by atoms with Gasteiger partial charge in [-0.05, 0) is 25.1 Å². The van der Waals surface area contributed by atoms with Crippen LogP contribution in [0.3, 0.4) is 0 Å². The summed E-state index contributed by atoms with van der Waals surface area (Å²) in [4.78, 5) is 17.3. The Balaban J connectivity index is 1.70. The predicted octanol–water partition coefficient (Wildman–Crippen LogP) is 2.46. The Morgan fingerprint density at radius 1 is 1.15 bits per heavy atom. The highest BCUT2D eigenvalue weighted by Crippen LogP contribution is 2.25. The zero-order chi connectivity index (χ0) is 18.5. The van der Waals surface area contributed by atoms with Crippen molar-refractivity contribution in [1.29, 1.82) is 0 Å². The van der Waals surface area contributed by atoms with Crippen LogP contribution >= 0.6 is 0 Å². The summed E-state index contributed by atoms with van der Waals surface area (Å²) in [5, 5.41) is 12.8. The van der Waals surface area contributed by atoms with Crippen LogP contribution in [0, 0.1) is 0 Å². The number of H-pyrrole nitrogens is 1. The van der Waals surface area contributed by atoms with E-state index in [-0.39, 0.29) is 5.56 Å². The smallest absolute Gasteiger partial charge is 0.273 e. The lowest BCUT2D eigenvalue weighted by Gasteiger charge is -2.04. The number of hydrogen-bond donors (Lipinski definition) is 1. The van der Waals surface area contributed by atoms with Crippen molar-refractivity contribution in [2.24, 2.45) is 7.05 Å². The van der Waals surface area contributed by atoms with Crippen molar-refractivity contribution in [1.82, 2.24) is 34.2 Å². The van der Waals surface area contributed by atoms with Crippen molar-refractivity contribution in [3.8, 4) is 22.5 Å². The molecule has 0 saturated heterocycles. The molecule has 5 aromatic rings. The lowest BCUT2D eigenvalue weighted by molar-refractivity contribution is 0.684. The largest absolute Gasteiger partial charge is 0.296 e. The molecule has 8 nitrogen and oxygen atoms in total. The Bertz CT molecular complexity index is 1350. The summed E-state index contributed by atoms with van der Waals surface area (Å²) in [5.41, 5.74) is 4.51. The van der Waals surface area contributed by atoms with Crippen molar-refractivity contribution in [2.45, 2.75) is 13.5 Å². The minimum atomic E-state index is -0.165. The van der Waals surface area contributed by atoms with Gasteiger partial charge in [-0.1, -0.05) is 6.07 Å². The van der Waals surface area contributed by atoms with Gasteiger partial charge in [0.1, 0.15) is 0 Å². The highest BCUT2D eigenvalue weighted by atomic mass is 16.1. The highest BCUT2D eigenvalue weighted by Gasteiger charge is 2.14. The zero-order valence-corrected chi connectivity index (χ0v) is 14.9. The predicted molar refractivity (Wildman–Crippen MR) is 102 cm³/mol. The van der Waals surface area contributed by atoms with Crippen LogP contribution in [0.25, 0.3) is 39.1 Å². The first kappa shape index (κ1) is 15.6. The number of aryl methyl sites for hydroxylation is 2. The van der Waals surface area contributed by atoms with Crippen molar-refractivity contribution in [3.05, 3.63) is 59.3 Å². The van der Waals surface area contributed by atoms with Gasteiger partial charge in [-0.25, -0.2) is 9.50 Å². The summed E-state index contributed by atoms with van der Waals surface area (Å²) >= 11 is 0. The second-order valence-electron chi connectivity index (χ2n) is 6.43. The maximum atomic E-state index is 12.6. The first-order valence-corrected chi connectivity index (χ1v) is 8.71. The normalized spacial score (nSPS) is 11.6. The van der Waals surface area contributed by atoms with Gasteiger partial charge in [0.2, 0.25) is 0 Å². The first-order valence-electron chi connectivity index (χ1n) is 8.71. The summed E-state index contributed by atoms with van der Waals surface area (Å²) in [6.07, 6.45) is 5.45. The van der Waals surface area contributed by atoms with Gasteiger partial charge in [-0.2, -0.15) is 10.2 Å². The molecule has 5 rings (SSSR count). The molecule has 0 atom stereocenters. The van der Waals surface area contributed by atoms with Gasteiger partial charge < -0.3 is 0 Å². The van der Waals surface area contributed by atoms with Crippen LogP contribution in [0.2, 0.25) is 0 Å². The molecule has 27 heavy (non-hydrogen) atoms. The van der Waals surface area contributed by atoms with E-state index in [1.807, 2.05) is 48.4 Å². The molecule has 4 aromatic heterocycles. The number of hydrogen-bond acceptors (Lipinski definition) is 4. The summed E-state index contributed by atoms with van der Waals surface area (Å²) in [7, 11) is 1.86. The summed E-state index contributed by atoms with van der Waals surface area (Å²) in [5.74, 6) is 0. The summed E-state index contributed by atoms with van der Waals surface area (Å²) < 4.78 is 5.09. The molecule has 0 saturated carbocycles. The Morgan fingerprint density at radius 2 is 2.04 bits per heavy atom. The Hall–Kier alpha value is -3.68. The Morgan fingerprint density at radius 3 is 2.81 bits per heavy atom. The van der Waals surface area contributed by atoms with E-state index in [2.05, 4.69) is 22.2 Å². The minimum Gasteiger partial charge on any atom is -0.296 e. The van der Waals surface area contributed by atoms with Crippen LogP contribution in [-0.2, 0) is 13.6 Å². The maximum absolute atomic E-state index is 12.6. The quantitative estimate of drug-likeness (QED) is 0.536. The SMILES string of the molecule is CCn1ncc2cc(-c3cc(=O)n4[nH]cc(-c5ccn(C)n5)c4n3)ccc21. The summed E-state index contributed by atoms with van der Waals surface area (Å²) in [6, 6.07) is 9.44. The fourth-order valence-electron chi connectivity index (χ4n) is 3.37. The molecular weight excluding hydrogens is 342 g/mol. The number of rotatable bonds is 3. The number of aromatic nitrogens is 7. The molecule has 0 aliphatic carbocycles. The molecule has 0 aliphatic rings. The zero-order valence-electron chi connectivity index (χ0n) is 14.9. The second kappa shape index (κ2) is 5.66. The molecule has 1 aromatic carbocycles. The van der Waals surface area contributed by atoms with Gasteiger partial charge in [0, 0.05) is 43.0 Å². The second-order valence-corrected chi connectivity index (χ2v) is 6.43. The van der Waals surface area contributed by atoms with E-state index in [1.165, 1.54) is 10.6 Å². The lowest BCUT2D eigenvalue weighted by Crippen LogP contribution is -2.14. The molecular formula is C19H17N7O. The topological polar surface area (TPSA) is 85.8 Å². The van der Waals surface area contributed by atoms with Crippen LogP contribution in [0.1, 0.15) is 6.92 Å². The van der Waals surface area contributed by atoms with Crippen LogP contribution in [-0.4, -0.2) is 34.2 Å². The van der Waals surface area contributed by atoms with E-state index in [4.69, 9.17) is 4.98 Å². The number of aromatic amines is 1. The van der Waals surface area contributed by atoms with Crippen molar-refractivity contribution in [3.63, 3.8) is 0 Å². The van der Waals surface area contributed by atoms with E-state index in [9.17, 15) is 4.79 Å². The van der Waals surface area contributed by atoms with Gasteiger partial charge in [-0.15, -0.1) is 0 Å². The molecule has 0 fully saturated rings. The minimum absolute atomic E-state index is 0.165. The third kappa shape index (κ3) is 2.37. The van der Waals surface area contributed by atoms with Gasteiger partial charge in [0.25, 0.3) is 5.56 Å². The molecule has 0 unspecified atom stereocenters. The molecule has 0 amide bonds. The third-order valence-electron chi connectivity index (χ3n) is 4.72. The average Bonchev–Trinajstić information content (AvgIpc) is 3.38. The molecule has 8 heteroatoms. The highest BCUT2D eigenvalue weighted by molar-refractivity contribution is 5.84. The van der Waals surface area contributed by atoms with Crippen LogP contribution in [0.4, 0.5) is 0 Å². The van der Waals surface area contributed by atoms with E-state index in [0.717, 1.165) is 34.3 Å². The maximum Gasteiger partial charge on any atom is 0.273 e. The molecule has 0 aliphatic heterocycles. The van der Waals surface area contributed by atoms with Gasteiger partial charge in [-0.3, -0.25) is 19.3 Å². The van der Waals surface area contributed by atoms with Crippen molar-refractivity contribution < 1.29 is 0 Å². The van der Waals surface area contributed by atoms with Gasteiger partial charge >= 0.3 is 0 Å². The van der Waals surface area contributed by atoms with E-state index in [0.29, 0.717) is 11.3 Å². The fraction of sp³-hybridized carbons (Fsp3) is 0.158. The van der Waals surface area contributed by atoms with E-state index >= 15 is 0 Å². The average molecular weight is 359 g/mol. The number of fused-ring (bicyclic) bond motifs is 2. The number of benzene rings is 1. The monoisotopic (exact) mass is 359 g/mol. The van der Waals surface area contributed by atoms with E-state index < -0.39 is 0 Å². The van der Waals surface area contributed by atoms with Crippen LogP contribution in [0.15, 0.2) is 53.7 Å². The number of nitrogens with zero attached hydrogens (tertiary/aromatic N) is 6. The first-order chi connectivity index (χ1) is 13.1. The fourth-order valence-corrected chi connectivity index (χ4v) is 3.37. The molecule has 0 bridgehead atoms. The summed E-state index contributed by atoms with van der Waals surface area (Å²) in [6.45, 7) is 2.87. The van der Waals surface area contributed by atoms with Crippen molar-refractivity contribution >= 4 is 16.6 Å². The standard InChI is InChI=1S/C19H17N7O/c1-3-25-17-5-4-12(8-13(17)10-20-25)16-9-18(27)26-19(22-16)14(11-21-26)15-6-7-24(2)23-15/h4-11,21H,3H2,1-2H3. The molecule has 0 radical (unpaired) electrons. The Kier molecular flexibility index (Phi) is 3.27. The molecule has 0 spiro atoms. The molecule has 4 heterocycles. The van der Waals surface area contributed by atoms with Crippen LogP contribution < -0.4 is 5.56 Å². The van der Waals surface area contributed by atoms with E-state index in [1.54, 1.807) is 10.9 Å². The van der Waals surface area contributed by atoms with Gasteiger partial charge in [0.05, 0.1) is 28.7 Å². The van der Waals surface area contributed by atoms with Gasteiger partial charge in [0.15, 0.2) is 5.65 Å². The molecule has 1 N–H and O–H groups in total. The third-order valence-corrected chi connectivity index (χ3v) is 4.72.